The van der Waals surface area contributed by atoms with Crippen LogP contribution in [0.3, 0.4) is 0 Å². The molecule has 0 N–H and O–H groups in total. The summed E-state index contributed by atoms with van der Waals surface area (Å²) in [4.78, 5) is 12.6. The maximum atomic E-state index is 12.6. The van der Waals surface area contributed by atoms with Gasteiger partial charge in [-0.1, -0.05) is 98.0 Å². The summed E-state index contributed by atoms with van der Waals surface area (Å²) in [7, 11) is 0. The fourth-order valence-electron chi connectivity index (χ4n) is 5.20. The molecule has 1 aliphatic rings. The van der Waals surface area contributed by atoms with Gasteiger partial charge in [-0.2, -0.15) is 0 Å². The summed E-state index contributed by atoms with van der Waals surface area (Å²) < 4.78 is 5.82. The van der Waals surface area contributed by atoms with Crippen molar-refractivity contribution in [2.24, 2.45) is 5.92 Å². The minimum Gasteiger partial charge on any atom is -0.459 e. The highest BCUT2D eigenvalue weighted by atomic mass is 16.5. The first kappa shape index (κ1) is 26.7. The number of hydrogen-bond donors (Lipinski definition) is 0. The van der Waals surface area contributed by atoms with Gasteiger partial charge in [0.2, 0.25) is 0 Å². The van der Waals surface area contributed by atoms with E-state index >= 15 is 0 Å². The van der Waals surface area contributed by atoms with E-state index in [1.54, 1.807) is 0 Å². The first-order valence-electron chi connectivity index (χ1n) is 13.8. The molecule has 3 aromatic carbocycles. The van der Waals surface area contributed by atoms with Gasteiger partial charge in [0.1, 0.15) is 6.10 Å². The minimum absolute atomic E-state index is 0.0590. The molecule has 37 heavy (non-hydrogen) atoms. The van der Waals surface area contributed by atoms with E-state index in [1.807, 2.05) is 24.3 Å². The van der Waals surface area contributed by atoms with E-state index in [1.165, 1.54) is 23.1 Å². The van der Waals surface area contributed by atoms with Crippen molar-refractivity contribution < 1.29 is 9.53 Å². The van der Waals surface area contributed by atoms with Crippen LogP contribution in [0.5, 0.6) is 0 Å². The van der Waals surface area contributed by atoms with Crippen molar-refractivity contribution in [2.75, 3.05) is 0 Å². The zero-order chi connectivity index (χ0) is 25.9. The Morgan fingerprint density at radius 1 is 0.865 bits per heavy atom. The Hall–Kier alpha value is -3.39. The van der Waals surface area contributed by atoms with Gasteiger partial charge in [0.15, 0.2) is 0 Å². The van der Waals surface area contributed by atoms with Crippen LogP contribution in [-0.4, -0.2) is 12.1 Å². The van der Waals surface area contributed by atoms with Gasteiger partial charge in [-0.15, -0.1) is 0 Å². The van der Waals surface area contributed by atoms with E-state index in [0.29, 0.717) is 11.5 Å². The number of hydrogen-bond acceptors (Lipinski definition) is 2. The van der Waals surface area contributed by atoms with Crippen molar-refractivity contribution in [2.45, 2.75) is 70.8 Å². The summed E-state index contributed by atoms with van der Waals surface area (Å²) in [6, 6.07) is 27.2. The monoisotopic (exact) mass is 492 g/mol. The van der Waals surface area contributed by atoms with E-state index < -0.39 is 0 Å². The fourth-order valence-corrected chi connectivity index (χ4v) is 5.20. The van der Waals surface area contributed by atoms with Crippen LogP contribution in [0, 0.1) is 5.92 Å². The number of esters is 1. The van der Waals surface area contributed by atoms with E-state index in [0.717, 1.165) is 50.0 Å². The van der Waals surface area contributed by atoms with Crippen LogP contribution in [0.15, 0.2) is 91.0 Å². The van der Waals surface area contributed by atoms with E-state index in [9.17, 15) is 4.79 Å². The lowest BCUT2D eigenvalue weighted by molar-refractivity contribution is 0.0162. The SMILES string of the molecule is C/C=C/CCC1CCC(OC(=O)c2ccc(C=Cc3ccc(C[C@@H](C)c4ccccc4)cc3)cc2)CC1. The van der Waals surface area contributed by atoms with E-state index in [2.05, 4.69) is 92.7 Å². The molecule has 0 spiro atoms. The predicted octanol–water partition coefficient (Wildman–Crippen LogP) is 9.28. The molecule has 2 heteroatoms. The maximum Gasteiger partial charge on any atom is 0.338 e. The molecule has 0 unspecified atom stereocenters. The van der Waals surface area contributed by atoms with Gasteiger partial charge in [-0.25, -0.2) is 4.79 Å². The van der Waals surface area contributed by atoms with Crippen molar-refractivity contribution in [3.8, 4) is 0 Å². The van der Waals surface area contributed by atoms with E-state index in [4.69, 9.17) is 4.74 Å². The van der Waals surface area contributed by atoms with Gasteiger partial charge in [-0.3, -0.25) is 0 Å². The van der Waals surface area contributed by atoms with Crippen LogP contribution in [0.25, 0.3) is 12.2 Å². The normalized spacial score (nSPS) is 18.8. The molecule has 0 radical (unpaired) electrons. The van der Waals surface area contributed by atoms with Crippen LogP contribution in [0.2, 0.25) is 0 Å². The molecular formula is C35H40O2. The number of benzene rings is 3. The number of carbonyl (C=O) groups excluding carboxylic acids is 1. The summed E-state index contributed by atoms with van der Waals surface area (Å²) in [5.41, 5.74) is 5.59. The third kappa shape index (κ3) is 8.32. The Morgan fingerprint density at radius 2 is 1.49 bits per heavy atom. The molecule has 192 valence electrons. The molecule has 1 fully saturated rings. The third-order valence-electron chi connectivity index (χ3n) is 7.55. The van der Waals surface area contributed by atoms with Gasteiger partial charge >= 0.3 is 5.97 Å². The molecule has 1 atom stereocenters. The van der Waals surface area contributed by atoms with Crippen molar-refractivity contribution in [1.29, 1.82) is 0 Å². The Bertz CT molecular complexity index is 1150. The van der Waals surface area contributed by atoms with Crippen molar-refractivity contribution in [3.63, 3.8) is 0 Å². The van der Waals surface area contributed by atoms with Crippen LogP contribution in [0.4, 0.5) is 0 Å². The quantitative estimate of drug-likeness (QED) is 0.160. The second-order valence-electron chi connectivity index (χ2n) is 10.4. The molecule has 2 nitrogen and oxygen atoms in total. The fraction of sp³-hybridized carbons (Fsp3) is 0.343. The summed E-state index contributed by atoms with van der Waals surface area (Å²) in [5, 5.41) is 0. The number of ether oxygens (including phenoxy) is 1. The van der Waals surface area contributed by atoms with Crippen molar-refractivity contribution in [1.82, 2.24) is 0 Å². The van der Waals surface area contributed by atoms with Crippen LogP contribution < -0.4 is 0 Å². The van der Waals surface area contributed by atoms with Crippen molar-refractivity contribution >= 4 is 18.1 Å². The van der Waals surface area contributed by atoms with Crippen LogP contribution in [0.1, 0.15) is 90.9 Å². The largest absolute Gasteiger partial charge is 0.459 e. The molecule has 0 aromatic heterocycles. The van der Waals surface area contributed by atoms with E-state index in [-0.39, 0.29) is 12.1 Å². The van der Waals surface area contributed by atoms with Gasteiger partial charge in [-0.05, 0) is 98.1 Å². The second kappa shape index (κ2) is 13.8. The lowest BCUT2D eigenvalue weighted by Crippen LogP contribution is -2.24. The van der Waals surface area contributed by atoms with Crippen LogP contribution in [-0.2, 0) is 11.2 Å². The third-order valence-corrected chi connectivity index (χ3v) is 7.55. The lowest BCUT2D eigenvalue weighted by atomic mass is 9.84. The van der Waals surface area contributed by atoms with Gasteiger partial charge in [0, 0.05) is 0 Å². The van der Waals surface area contributed by atoms with Crippen molar-refractivity contribution in [3.05, 3.63) is 119 Å². The minimum atomic E-state index is -0.201. The average molecular weight is 493 g/mol. The van der Waals surface area contributed by atoms with Gasteiger partial charge in [0.25, 0.3) is 0 Å². The van der Waals surface area contributed by atoms with Gasteiger partial charge in [0.05, 0.1) is 5.56 Å². The molecule has 1 saturated carbocycles. The molecule has 0 aliphatic heterocycles. The number of carbonyl (C=O) groups is 1. The lowest BCUT2D eigenvalue weighted by Gasteiger charge is -2.28. The molecular weight excluding hydrogens is 452 g/mol. The Balaban J connectivity index is 1.24. The van der Waals surface area contributed by atoms with Crippen LogP contribution >= 0.6 is 0 Å². The maximum absolute atomic E-state index is 12.6. The highest BCUT2D eigenvalue weighted by molar-refractivity contribution is 5.90. The average Bonchev–Trinajstić information content (AvgIpc) is 2.94. The second-order valence-corrected chi connectivity index (χ2v) is 10.4. The predicted molar refractivity (Wildman–Crippen MR) is 156 cm³/mol. The molecule has 1 aliphatic carbocycles. The Kier molecular flexibility index (Phi) is 9.94. The Morgan fingerprint density at radius 3 is 2.11 bits per heavy atom. The molecule has 0 amide bonds. The summed E-state index contributed by atoms with van der Waals surface area (Å²) in [6.45, 7) is 4.35. The number of rotatable bonds is 10. The Labute approximate surface area is 223 Å². The molecule has 0 saturated heterocycles. The standard InChI is InChI=1S/C35H40O2/c1-3-4-6-9-28-20-24-34(25-21-28)37-35(36)33-22-18-30(19-23-33)13-12-29-14-16-31(17-15-29)26-27(2)32-10-7-5-8-11-32/h3-5,7-8,10-19,22-23,27-28,34H,6,9,20-21,24-26H2,1-2H3/b4-3+,13-12?/t27-,28?,34?/m1/s1. The summed E-state index contributed by atoms with van der Waals surface area (Å²) in [5.74, 6) is 1.07. The first-order chi connectivity index (χ1) is 18.1. The smallest absolute Gasteiger partial charge is 0.338 e. The molecule has 0 heterocycles. The molecule has 4 rings (SSSR count). The summed E-state index contributed by atoms with van der Waals surface area (Å²) in [6.07, 6.45) is 16.4. The zero-order valence-electron chi connectivity index (χ0n) is 22.3. The number of allylic oxidation sites excluding steroid dienone is 2. The summed E-state index contributed by atoms with van der Waals surface area (Å²) >= 11 is 0. The zero-order valence-corrected chi connectivity index (χ0v) is 22.3. The van der Waals surface area contributed by atoms with Gasteiger partial charge < -0.3 is 4.74 Å². The first-order valence-corrected chi connectivity index (χ1v) is 13.8. The highest BCUT2D eigenvalue weighted by Crippen LogP contribution is 2.30. The highest BCUT2D eigenvalue weighted by Gasteiger charge is 2.24. The molecule has 0 bridgehead atoms. The molecule has 3 aromatic rings. The topological polar surface area (TPSA) is 26.3 Å².